The van der Waals surface area contributed by atoms with Crippen molar-refractivity contribution in [2.24, 2.45) is 5.92 Å². The largest absolute Gasteiger partial charge is 0.444 e. The van der Waals surface area contributed by atoms with Gasteiger partial charge in [0.25, 0.3) is 0 Å². The van der Waals surface area contributed by atoms with Gasteiger partial charge in [-0.15, -0.1) is 10.2 Å². The van der Waals surface area contributed by atoms with E-state index in [1.165, 1.54) is 0 Å². The first kappa shape index (κ1) is 15.8. The lowest BCUT2D eigenvalue weighted by atomic mass is 10.1. The average Bonchev–Trinajstić information content (AvgIpc) is 2.84. The highest BCUT2D eigenvalue weighted by Crippen LogP contribution is 2.21. The number of hydrogen-bond donors (Lipinski definition) is 1. The predicted octanol–water partition coefficient (Wildman–Crippen LogP) is 2.48. The van der Waals surface area contributed by atoms with Gasteiger partial charge >= 0.3 is 6.09 Å². The third-order valence-electron chi connectivity index (χ3n) is 3.16. The second-order valence-corrected chi connectivity index (χ2v) is 6.59. The molecule has 1 N–H and O–H groups in total. The van der Waals surface area contributed by atoms with E-state index in [4.69, 9.17) is 16.3 Å². The number of carbonyl (C=O) groups is 1. The monoisotopic (exact) mass is 312 g/mol. The van der Waals surface area contributed by atoms with Gasteiger partial charge in [0, 0.05) is 19.6 Å². The van der Waals surface area contributed by atoms with Gasteiger partial charge in [-0.05, 0) is 45.2 Å². The van der Waals surface area contributed by atoms with Gasteiger partial charge in [-0.1, -0.05) is 11.6 Å². The van der Waals surface area contributed by atoms with Crippen LogP contribution in [0.2, 0.25) is 5.15 Å². The molecule has 1 aliphatic heterocycles. The molecule has 1 atom stereocenters. The van der Waals surface area contributed by atoms with Gasteiger partial charge < -0.3 is 15.0 Å². The molecule has 0 bridgehead atoms. The number of halogens is 1. The molecule has 0 saturated carbocycles. The summed E-state index contributed by atoms with van der Waals surface area (Å²) in [6.45, 7) is 7.89. The molecule has 21 heavy (non-hydrogen) atoms. The van der Waals surface area contributed by atoms with E-state index in [2.05, 4.69) is 20.4 Å². The second-order valence-electron chi connectivity index (χ2n) is 6.20. The number of ether oxygens (including phenoxy) is 1. The summed E-state index contributed by atoms with van der Waals surface area (Å²) in [4.78, 5) is 13.8. The van der Waals surface area contributed by atoms with E-state index < -0.39 is 5.60 Å². The van der Waals surface area contributed by atoms with Gasteiger partial charge in [0.1, 0.15) is 5.60 Å². The molecule has 0 spiro atoms. The maximum atomic E-state index is 11.6. The van der Waals surface area contributed by atoms with Crippen molar-refractivity contribution in [3.8, 4) is 0 Å². The minimum Gasteiger partial charge on any atom is -0.444 e. The summed E-state index contributed by atoms with van der Waals surface area (Å²) in [5, 5.41) is 11.1. The Balaban J connectivity index is 1.78. The second kappa shape index (κ2) is 6.47. The van der Waals surface area contributed by atoms with Crippen molar-refractivity contribution in [3.05, 3.63) is 17.3 Å². The molecule has 2 heterocycles. The van der Waals surface area contributed by atoms with E-state index in [1.807, 2.05) is 26.8 Å². The molecule has 116 valence electrons. The van der Waals surface area contributed by atoms with Gasteiger partial charge in [-0.2, -0.15) is 0 Å². The molecule has 1 fully saturated rings. The molecule has 1 saturated heterocycles. The maximum Gasteiger partial charge on any atom is 0.407 e. The first-order chi connectivity index (χ1) is 9.83. The molecular formula is C14H21ClN4O2. The van der Waals surface area contributed by atoms with E-state index >= 15 is 0 Å². The molecule has 7 heteroatoms. The zero-order valence-electron chi connectivity index (χ0n) is 12.6. The van der Waals surface area contributed by atoms with Crippen molar-refractivity contribution < 1.29 is 9.53 Å². The Kier molecular flexibility index (Phi) is 4.88. The highest BCUT2D eigenvalue weighted by Gasteiger charge is 2.25. The first-order valence-electron chi connectivity index (χ1n) is 7.04. The quantitative estimate of drug-likeness (QED) is 0.928. The Bertz CT molecular complexity index is 487. The molecule has 1 unspecified atom stereocenters. The normalized spacial score (nSPS) is 18.7. The van der Waals surface area contributed by atoms with Crippen LogP contribution in [0.1, 0.15) is 27.2 Å². The lowest BCUT2D eigenvalue weighted by molar-refractivity contribution is 0.0520. The SMILES string of the molecule is CC(C)(C)OC(=O)NCC1CCN(c2ccc(Cl)nn2)C1. The van der Waals surface area contributed by atoms with Crippen LogP contribution in [-0.2, 0) is 4.74 Å². The molecule has 6 nitrogen and oxygen atoms in total. The van der Waals surface area contributed by atoms with Gasteiger partial charge in [0.05, 0.1) is 0 Å². The van der Waals surface area contributed by atoms with Crippen LogP contribution in [0.3, 0.4) is 0 Å². The standard InChI is InChI=1S/C14H21ClN4O2/c1-14(2,3)21-13(20)16-8-10-6-7-19(9-10)12-5-4-11(15)17-18-12/h4-5,10H,6-9H2,1-3H3,(H,16,20). The summed E-state index contributed by atoms with van der Waals surface area (Å²) in [6.07, 6.45) is 0.632. The third kappa shape index (κ3) is 5.04. The molecular weight excluding hydrogens is 292 g/mol. The van der Waals surface area contributed by atoms with E-state index in [1.54, 1.807) is 6.07 Å². The lowest BCUT2D eigenvalue weighted by Gasteiger charge is -2.21. The number of aromatic nitrogens is 2. The van der Waals surface area contributed by atoms with Crippen molar-refractivity contribution >= 4 is 23.5 Å². The average molecular weight is 313 g/mol. The van der Waals surface area contributed by atoms with Crippen molar-refractivity contribution in [2.75, 3.05) is 24.5 Å². The molecule has 0 radical (unpaired) electrons. The van der Waals surface area contributed by atoms with Gasteiger partial charge in [-0.3, -0.25) is 0 Å². The Morgan fingerprint density at radius 1 is 1.48 bits per heavy atom. The highest BCUT2D eigenvalue weighted by molar-refractivity contribution is 6.29. The number of nitrogens with one attached hydrogen (secondary N) is 1. The van der Waals surface area contributed by atoms with Gasteiger partial charge in [-0.25, -0.2) is 4.79 Å². The lowest BCUT2D eigenvalue weighted by Crippen LogP contribution is -2.36. The maximum absolute atomic E-state index is 11.6. The summed E-state index contributed by atoms with van der Waals surface area (Å²) in [7, 11) is 0. The molecule has 2 rings (SSSR count). The van der Waals surface area contributed by atoms with Gasteiger partial charge in [0.15, 0.2) is 11.0 Å². The third-order valence-corrected chi connectivity index (χ3v) is 3.36. The van der Waals surface area contributed by atoms with Crippen LogP contribution in [0, 0.1) is 5.92 Å². The summed E-state index contributed by atoms with van der Waals surface area (Å²) >= 11 is 5.73. The molecule has 1 aromatic rings. The first-order valence-corrected chi connectivity index (χ1v) is 7.42. The van der Waals surface area contributed by atoms with Crippen molar-refractivity contribution in [1.82, 2.24) is 15.5 Å². The Labute approximate surface area is 129 Å². The molecule has 0 aromatic carbocycles. The molecule has 1 aromatic heterocycles. The van der Waals surface area contributed by atoms with Crippen molar-refractivity contribution in [1.29, 1.82) is 0 Å². The Morgan fingerprint density at radius 2 is 2.24 bits per heavy atom. The minimum absolute atomic E-state index is 0.368. The fourth-order valence-corrected chi connectivity index (χ4v) is 2.33. The molecule has 1 amide bonds. The molecule has 1 aliphatic rings. The van der Waals surface area contributed by atoms with E-state index in [0.29, 0.717) is 17.6 Å². The fourth-order valence-electron chi connectivity index (χ4n) is 2.23. The van der Waals surface area contributed by atoms with Crippen LogP contribution in [-0.4, -0.2) is 41.5 Å². The number of carbonyl (C=O) groups excluding carboxylic acids is 1. The Hall–Kier alpha value is -1.56. The van der Waals surface area contributed by atoms with Crippen LogP contribution >= 0.6 is 11.6 Å². The summed E-state index contributed by atoms with van der Waals surface area (Å²) in [6, 6.07) is 3.59. The van der Waals surface area contributed by atoms with Crippen molar-refractivity contribution in [2.45, 2.75) is 32.8 Å². The Morgan fingerprint density at radius 3 is 2.86 bits per heavy atom. The fraction of sp³-hybridized carbons (Fsp3) is 0.643. The summed E-state index contributed by atoms with van der Waals surface area (Å²) in [5.74, 6) is 1.20. The van der Waals surface area contributed by atoms with Crippen LogP contribution < -0.4 is 10.2 Å². The van der Waals surface area contributed by atoms with E-state index in [9.17, 15) is 4.79 Å². The number of nitrogens with zero attached hydrogens (tertiary/aromatic N) is 3. The van der Waals surface area contributed by atoms with Crippen LogP contribution in [0.15, 0.2) is 12.1 Å². The number of amides is 1. The number of anilines is 1. The zero-order valence-corrected chi connectivity index (χ0v) is 13.4. The molecule has 0 aliphatic carbocycles. The van der Waals surface area contributed by atoms with Crippen LogP contribution in [0.5, 0.6) is 0 Å². The predicted molar refractivity (Wildman–Crippen MR) is 81.6 cm³/mol. The number of rotatable bonds is 3. The number of hydrogen-bond acceptors (Lipinski definition) is 5. The smallest absolute Gasteiger partial charge is 0.407 e. The summed E-state index contributed by atoms with van der Waals surface area (Å²) in [5.41, 5.74) is -0.468. The van der Waals surface area contributed by atoms with E-state index in [-0.39, 0.29) is 6.09 Å². The zero-order chi connectivity index (χ0) is 15.5. The summed E-state index contributed by atoms with van der Waals surface area (Å²) < 4.78 is 5.22. The van der Waals surface area contributed by atoms with Crippen LogP contribution in [0.4, 0.5) is 10.6 Å². The minimum atomic E-state index is -0.468. The van der Waals surface area contributed by atoms with Crippen molar-refractivity contribution in [3.63, 3.8) is 0 Å². The highest BCUT2D eigenvalue weighted by atomic mass is 35.5. The topological polar surface area (TPSA) is 67.3 Å². The number of alkyl carbamates (subject to hydrolysis) is 1. The van der Waals surface area contributed by atoms with Crippen LogP contribution in [0.25, 0.3) is 0 Å². The van der Waals surface area contributed by atoms with E-state index in [0.717, 1.165) is 25.3 Å². The van der Waals surface area contributed by atoms with Gasteiger partial charge in [0.2, 0.25) is 0 Å².